The second-order valence-corrected chi connectivity index (χ2v) is 8.78. The molecule has 0 spiro atoms. The van der Waals surface area contributed by atoms with Gasteiger partial charge in [-0.15, -0.1) is 0 Å². The van der Waals surface area contributed by atoms with E-state index in [0.717, 1.165) is 13.1 Å². The molecule has 0 bridgehead atoms. The number of carbonyl (C=O) groups excluding carboxylic acids is 2. The number of hydrogen-bond donors (Lipinski definition) is 2. The topological polar surface area (TPSA) is 61.4 Å². The quantitative estimate of drug-likeness (QED) is 0.749. The third-order valence-corrected chi connectivity index (χ3v) is 6.59. The Morgan fingerprint density at radius 2 is 1.74 bits per heavy atom. The third kappa shape index (κ3) is 5.31. The lowest BCUT2D eigenvalue weighted by atomic mass is 9.80. The second kappa shape index (κ2) is 9.60. The molecule has 164 valence electrons. The standard InChI is InChI=1S/C25H30FN3O2/c1-17-13-20(9-12-23(17)26)25(31)27-14-24(30)28-21-15-29(16-21)22-10-7-19(8-11-22)18-5-3-2-4-6-18/h2-6,9,12-13,19,21-22H,7-8,10-11,14-16H2,1H3,(H,27,31)(H,28,30). The summed E-state index contributed by atoms with van der Waals surface area (Å²) in [4.78, 5) is 26.8. The molecule has 4 rings (SSSR count). The van der Waals surface area contributed by atoms with Crippen LogP contribution in [0.4, 0.5) is 4.39 Å². The molecule has 2 N–H and O–H groups in total. The van der Waals surface area contributed by atoms with Crippen LogP contribution in [0, 0.1) is 12.7 Å². The van der Waals surface area contributed by atoms with Crippen molar-refractivity contribution in [1.29, 1.82) is 0 Å². The van der Waals surface area contributed by atoms with Gasteiger partial charge in [0.05, 0.1) is 12.6 Å². The lowest BCUT2D eigenvalue weighted by Crippen LogP contribution is -2.63. The first-order valence-electron chi connectivity index (χ1n) is 11.1. The van der Waals surface area contributed by atoms with Crippen LogP contribution in [0.25, 0.3) is 0 Å². The lowest BCUT2D eigenvalue weighted by molar-refractivity contribution is -0.122. The number of aryl methyl sites for hydroxylation is 1. The van der Waals surface area contributed by atoms with Crippen molar-refractivity contribution in [2.75, 3.05) is 19.6 Å². The van der Waals surface area contributed by atoms with Crippen LogP contribution in [0.3, 0.4) is 0 Å². The fourth-order valence-electron chi connectivity index (χ4n) is 4.73. The van der Waals surface area contributed by atoms with Gasteiger partial charge in [-0.25, -0.2) is 4.39 Å². The number of likely N-dealkylation sites (tertiary alicyclic amines) is 1. The first-order chi connectivity index (χ1) is 15.0. The second-order valence-electron chi connectivity index (χ2n) is 8.78. The number of benzene rings is 2. The molecule has 1 saturated carbocycles. The Balaban J connectivity index is 1.14. The number of carbonyl (C=O) groups is 2. The van der Waals surface area contributed by atoms with E-state index in [1.807, 2.05) is 0 Å². The highest BCUT2D eigenvalue weighted by molar-refractivity contribution is 5.96. The van der Waals surface area contributed by atoms with Gasteiger partial charge in [-0.2, -0.15) is 0 Å². The number of halogens is 1. The summed E-state index contributed by atoms with van der Waals surface area (Å²) >= 11 is 0. The van der Waals surface area contributed by atoms with Crippen molar-refractivity contribution in [2.45, 2.75) is 50.6 Å². The maximum absolute atomic E-state index is 13.3. The zero-order chi connectivity index (χ0) is 21.8. The van der Waals surface area contributed by atoms with Gasteiger partial charge in [0.15, 0.2) is 0 Å². The molecule has 2 fully saturated rings. The zero-order valence-electron chi connectivity index (χ0n) is 17.9. The molecule has 1 aliphatic carbocycles. The Morgan fingerprint density at radius 1 is 1.03 bits per heavy atom. The smallest absolute Gasteiger partial charge is 0.251 e. The summed E-state index contributed by atoms with van der Waals surface area (Å²) in [5.41, 5.74) is 2.21. The molecule has 0 unspecified atom stereocenters. The minimum absolute atomic E-state index is 0.0755. The predicted octanol–water partition coefficient (Wildman–Crippen LogP) is 3.39. The van der Waals surface area contributed by atoms with Crippen molar-refractivity contribution in [3.8, 4) is 0 Å². The average Bonchev–Trinajstić information content (AvgIpc) is 2.77. The normalized spacial score (nSPS) is 21.9. The number of nitrogens with zero attached hydrogens (tertiary/aromatic N) is 1. The molecule has 0 radical (unpaired) electrons. The zero-order valence-corrected chi connectivity index (χ0v) is 17.9. The molecule has 0 aromatic heterocycles. The van der Waals surface area contributed by atoms with E-state index in [9.17, 15) is 14.0 Å². The molecule has 2 aromatic carbocycles. The van der Waals surface area contributed by atoms with E-state index in [2.05, 4.69) is 45.9 Å². The molecule has 5 nitrogen and oxygen atoms in total. The molecule has 0 atom stereocenters. The average molecular weight is 424 g/mol. The van der Waals surface area contributed by atoms with Gasteiger partial charge < -0.3 is 10.6 Å². The summed E-state index contributed by atoms with van der Waals surface area (Å²) in [6.07, 6.45) is 4.84. The van der Waals surface area contributed by atoms with E-state index in [0.29, 0.717) is 23.1 Å². The van der Waals surface area contributed by atoms with E-state index in [1.165, 1.54) is 49.4 Å². The minimum Gasteiger partial charge on any atom is -0.349 e. The van der Waals surface area contributed by atoms with Crippen LogP contribution >= 0.6 is 0 Å². The summed E-state index contributed by atoms with van der Waals surface area (Å²) in [6, 6.07) is 15.7. The van der Waals surface area contributed by atoms with Crippen molar-refractivity contribution >= 4 is 11.8 Å². The highest BCUT2D eigenvalue weighted by atomic mass is 19.1. The van der Waals surface area contributed by atoms with Gasteiger partial charge in [0.25, 0.3) is 5.91 Å². The summed E-state index contributed by atoms with van der Waals surface area (Å²) in [5, 5.41) is 5.60. The van der Waals surface area contributed by atoms with Crippen molar-refractivity contribution in [1.82, 2.24) is 15.5 Å². The van der Waals surface area contributed by atoms with Crippen LogP contribution in [-0.4, -0.2) is 48.4 Å². The number of nitrogens with one attached hydrogen (secondary N) is 2. The van der Waals surface area contributed by atoms with E-state index < -0.39 is 0 Å². The Hall–Kier alpha value is -2.73. The molecule has 6 heteroatoms. The van der Waals surface area contributed by atoms with Crippen molar-refractivity contribution in [3.05, 3.63) is 71.0 Å². The van der Waals surface area contributed by atoms with Crippen LogP contribution < -0.4 is 10.6 Å². The molecule has 2 aliphatic rings. The first-order valence-corrected chi connectivity index (χ1v) is 11.1. The molecule has 2 aromatic rings. The highest BCUT2D eigenvalue weighted by Crippen LogP contribution is 2.35. The van der Waals surface area contributed by atoms with E-state index >= 15 is 0 Å². The monoisotopic (exact) mass is 423 g/mol. The molecule has 1 aliphatic heterocycles. The van der Waals surface area contributed by atoms with Crippen LogP contribution in [0.2, 0.25) is 0 Å². The van der Waals surface area contributed by atoms with Crippen molar-refractivity contribution < 1.29 is 14.0 Å². The van der Waals surface area contributed by atoms with Gasteiger partial charge in [0.2, 0.25) is 5.91 Å². The van der Waals surface area contributed by atoms with Crippen molar-refractivity contribution in [3.63, 3.8) is 0 Å². The van der Waals surface area contributed by atoms with Gasteiger partial charge in [-0.05, 0) is 67.9 Å². The molecule has 1 heterocycles. The fraction of sp³-hybridized carbons (Fsp3) is 0.440. The number of amides is 2. The SMILES string of the molecule is Cc1cc(C(=O)NCC(=O)NC2CN(C3CCC(c4ccccc4)CC3)C2)ccc1F. The minimum atomic E-state index is -0.372. The Labute approximate surface area is 183 Å². The molecule has 1 saturated heterocycles. The van der Waals surface area contributed by atoms with E-state index in [1.54, 1.807) is 6.92 Å². The summed E-state index contributed by atoms with van der Waals surface area (Å²) < 4.78 is 13.3. The third-order valence-electron chi connectivity index (χ3n) is 6.59. The first kappa shape index (κ1) is 21.5. The van der Waals surface area contributed by atoms with Crippen LogP contribution in [0.15, 0.2) is 48.5 Å². The van der Waals surface area contributed by atoms with Gasteiger partial charge in [-0.3, -0.25) is 14.5 Å². The summed E-state index contributed by atoms with van der Waals surface area (Å²) in [7, 11) is 0. The Bertz CT molecular complexity index is 920. The maximum Gasteiger partial charge on any atom is 0.251 e. The van der Waals surface area contributed by atoms with Gasteiger partial charge >= 0.3 is 0 Å². The largest absolute Gasteiger partial charge is 0.349 e. The van der Waals surface area contributed by atoms with Gasteiger partial charge in [0, 0.05) is 24.7 Å². The molecular weight excluding hydrogens is 393 g/mol. The number of hydrogen-bond acceptors (Lipinski definition) is 3. The summed E-state index contributed by atoms with van der Waals surface area (Å²) in [6.45, 7) is 3.28. The maximum atomic E-state index is 13.3. The predicted molar refractivity (Wildman–Crippen MR) is 118 cm³/mol. The molecule has 2 amide bonds. The van der Waals surface area contributed by atoms with Crippen LogP contribution in [0.1, 0.15) is 53.1 Å². The van der Waals surface area contributed by atoms with Crippen LogP contribution in [-0.2, 0) is 4.79 Å². The Morgan fingerprint density at radius 3 is 2.42 bits per heavy atom. The van der Waals surface area contributed by atoms with E-state index in [-0.39, 0.29) is 30.2 Å². The molecular formula is C25H30FN3O2. The van der Waals surface area contributed by atoms with E-state index in [4.69, 9.17) is 0 Å². The number of rotatable bonds is 6. The van der Waals surface area contributed by atoms with Crippen LogP contribution in [0.5, 0.6) is 0 Å². The summed E-state index contributed by atoms with van der Waals surface area (Å²) in [5.74, 6) is -0.242. The lowest BCUT2D eigenvalue weighted by Gasteiger charge is -2.46. The van der Waals surface area contributed by atoms with Gasteiger partial charge in [0.1, 0.15) is 5.82 Å². The van der Waals surface area contributed by atoms with Crippen molar-refractivity contribution in [2.24, 2.45) is 0 Å². The molecule has 31 heavy (non-hydrogen) atoms. The van der Waals surface area contributed by atoms with Gasteiger partial charge in [-0.1, -0.05) is 30.3 Å². The Kier molecular flexibility index (Phi) is 6.66. The fourth-order valence-corrected chi connectivity index (χ4v) is 4.73. The highest BCUT2D eigenvalue weighted by Gasteiger charge is 2.35.